The van der Waals surface area contributed by atoms with E-state index in [2.05, 4.69) is 21.0 Å². The van der Waals surface area contributed by atoms with Crippen LogP contribution in [0.15, 0.2) is 41.1 Å². The molecule has 0 aliphatic carbocycles. The van der Waals surface area contributed by atoms with Gasteiger partial charge in [-0.05, 0) is 27.6 Å². The summed E-state index contributed by atoms with van der Waals surface area (Å²) in [5.74, 6) is 0.494. The van der Waals surface area contributed by atoms with Gasteiger partial charge in [0.15, 0.2) is 0 Å². The van der Waals surface area contributed by atoms with Crippen LogP contribution in [0.2, 0.25) is 0 Å². The Bertz CT molecular complexity index is 439. The summed E-state index contributed by atoms with van der Waals surface area (Å²) < 4.78 is 2.77. The van der Waals surface area contributed by atoms with Gasteiger partial charge in [0.25, 0.3) is 0 Å². The first-order valence-electron chi connectivity index (χ1n) is 4.15. The zero-order chi connectivity index (χ0) is 9.97. The van der Waals surface area contributed by atoms with Gasteiger partial charge in [-0.2, -0.15) is 5.10 Å². The predicted octanol–water partition coefficient (Wildman–Crippen LogP) is 3.37. The lowest BCUT2D eigenvalue weighted by molar-refractivity contribution is 0.871. The van der Waals surface area contributed by atoms with Gasteiger partial charge < -0.3 is 0 Å². The van der Waals surface area contributed by atoms with E-state index >= 15 is 0 Å². The van der Waals surface area contributed by atoms with Crippen molar-refractivity contribution in [2.45, 2.75) is 5.88 Å². The van der Waals surface area contributed by atoms with Crippen LogP contribution in [0.3, 0.4) is 0 Å². The molecular weight excluding hydrogens is 263 g/mol. The summed E-state index contributed by atoms with van der Waals surface area (Å²) >= 11 is 9.20. The van der Waals surface area contributed by atoms with Crippen LogP contribution in [0.1, 0.15) is 5.56 Å². The first-order chi connectivity index (χ1) is 6.81. The van der Waals surface area contributed by atoms with Crippen LogP contribution >= 0.6 is 27.5 Å². The molecule has 0 spiro atoms. The summed E-state index contributed by atoms with van der Waals surface area (Å²) in [4.78, 5) is 0. The zero-order valence-electron chi connectivity index (χ0n) is 7.32. The standard InChI is InChI=1S/C10H8BrClN2/c11-9-6-13-14(7-9)10-4-2-1-3-8(10)5-12/h1-4,6-7H,5H2. The molecule has 1 heterocycles. The first kappa shape index (κ1) is 9.74. The Balaban J connectivity index is 2.50. The van der Waals surface area contributed by atoms with Crippen molar-refractivity contribution in [2.24, 2.45) is 0 Å². The molecule has 2 nitrogen and oxygen atoms in total. The average molecular weight is 272 g/mol. The Kier molecular flexibility index (Phi) is 2.89. The van der Waals surface area contributed by atoms with Gasteiger partial charge in [-0.1, -0.05) is 18.2 Å². The summed E-state index contributed by atoms with van der Waals surface area (Å²) in [5.41, 5.74) is 2.10. The number of rotatable bonds is 2. The lowest BCUT2D eigenvalue weighted by Gasteiger charge is -2.05. The van der Waals surface area contributed by atoms with Crippen LogP contribution < -0.4 is 0 Å². The molecule has 14 heavy (non-hydrogen) atoms. The van der Waals surface area contributed by atoms with Crippen molar-refractivity contribution in [3.8, 4) is 5.69 Å². The molecule has 4 heteroatoms. The van der Waals surface area contributed by atoms with Gasteiger partial charge >= 0.3 is 0 Å². The molecule has 0 bridgehead atoms. The van der Waals surface area contributed by atoms with Gasteiger partial charge in [-0.15, -0.1) is 11.6 Å². The second kappa shape index (κ2) is 4.15. The van der Waals surface area contributed by atoms with Gasteiger partial charge in [0.1, 0.15) is 0 Å². The molecule has 0 amide bonds. The number of aromatic nitrogens is 2. The van der Waals surface area contributed by atoms with Crippen molar-refractivity contribution >= 4 is 27.5 Å². The molecule has 0 N–H and O–H groups in total. The van der Waals surface area contributed by atoms with Crippen LogP contribution in [0.5, 0.6) is 0 Å². The second-order valence-electron chi connectivity index (χ2n) is 2.87. The van der Waals surface area contributed by atoms with Crippen LogP contribution in [0.4, 0.5) is 0 Å². The summed E-state index contributed by atoms with van der Waals surface area (Å²) in [6, 6.07) is 7.94. The number of para-hydroxylation sites is 1. The molecule has 0 saturated heterocycles. The second-order valence-corrected chi connectivity index (χ2v) is 4.05. The van der Waals surface area contributed by atoms with E-state index in [0.29, 0.717) is 5.88 Å². The largest absolute Gasteiger partial charge is 0.239 e. The lowest BCUT2D eigenvalue weighted by Crippen LogP contribution is -1.97. The molecular formula is C10H8BrClN2. The van der Waals surface area contributed by atoms with Crippen molar-refractivity contribution in [1.29, 1.82) is 0 Å². The molecule has 1 aromatic heterocycles. The maximum absolute atomic E-state index is 5.84. The molecule has 0 radical (unpaired) electrons. The number of hydrogen-bond donors (Lipinski definition) is 0. The topological polar surface area (TPSA) is 17.8 Å². The molecule has 0 saturated carbocycles. The molecule has 0 atom stereocenters. The molecule has 2 aromatic rings. The third-order valence-corrected chi connectivity index (χ3v) is 2.63. The van der Waals surface area contributed by atoms with Crippen LogP contribution in [-0.2, 0) is 5.88 Å². The maximum atomic E-state index is 5.84. The van der Waals surface area contributed by atoms with Gasteiger partial charge in [0.2, 0.25) is 0 Å². The fraction of sp³-hybridized carbons (Fsp3) is 0.100. The van der Waals surface area contributed by atoms with Gasteiger partial charge in [0, 0.05) is 12.1 Å². The Hall–Kier alpha value is -0.800. The predicted molar refractivity (Wildman–Crippen MR) is 60.8 cm³/mol. The summed E-state index contributed by atoms with van der Waals surface area (Å²) in [7, 11) is 0. The minimum atomic E-state index is 0.494. The van der Waals surface area contributed by atoms with E-state index < -0.39 is 0 Å². The van der Waals surface area contributed by atoms with Gasteiger partial charge in [-0.25, -0.2) is 4.68 Å². The fourth-order valence-corrected chi connectivity index (χ4v) is 1.79. The van der Waals surface area contributed by atoms with E-state index in [9.17, 15) is 0 Å². The van der Waals surface area contributed by atoms with E-state index in [1.807, 2.05) is 35.1 Å². The minimum absolute atomic E-state index is 0.494. The molecule has 72 valence electrons. The monoisotopic (exact) mass is 270 g/mol. The Morgan fingerprint density at radius 3 is 2.79 bits per heavy atom. The molecule has 0 aliphatic heterocycles. The van der Waals surface area contributed by atoms with Gasteiger partial charge in [0.05, 0.1) is 16.4 Å². The summed E-state index contributed by atoms with van der Waals surface area (Å²) in [5, 5.41) is 4.21. The number of benzene rings is 1. The van der Waals surface area contributed by atoms with E-state index in [4.69, 9.17) is 11.6 Å². The summed E-state index contributed by atoms with van der Waals surface area (Å²) in [6.07, 6.45) is 3.66. The van der Waals surface area contributed by atoms with Crippen molar-refractivity contribution in [1.82, 2.24) is 9.78 Å². The van der Waals surface area contributed by atoms with Crippen LogP contribution in [0, 0.1) is 0 Å². The van der Waals surface area contributed by atoms with Crippen LogP contribution in [-0.4, -0.2) is 9.78 Å². The highest BCUT2D eigenvalue weighted by atomic mass is 79.9. The first-order valence-corrected chi connectivity index (χ1v) is 5.48. The van der Waals surface area contributed by atoms with Crippen molar-refractivity contribution in [3.63, 3.8) is 0 Å². The van der Waals surface area contributed by atoms with Crippen LogP contribution in [0.25, 0.3) is 5.69 Å². The van der Waals surface area contributed by atoms with Crippen molar-refractivity contribution < 1.29 is 0 Å². The Morgan fingerprint density at radius 2 is 2.14 bits per heavy atom. The quantitative estimate of drug-likeness (QED) is 0.766. The van der Waals surface area contributed by atoms with E-state index in [1.165, 1.54) is 0 Å². The summed E-state index contributed by atoms with van der Waals surface area (Å²) in [6.45, 7) is 0. The number of nitrogens with zero attached hydrogens (tertiary/aromatic N) is 2. The normalized spacial score (nSPS) is 10.4. The number of alkyl halides is 1. The fourth-order valence-electron chi connectivity index (χ4n) is 1.28. The highest BCUT2D eigenvalue weighted by Gasteiger charge is 2.03. The third-order valence-electron chi connectivity index (χ3n) is 1.93. The molecule has 0 aliphatic rings. The molecule has 2 rings (SSSR count). The molecule has 1 aromatic carbocycles. The Labute approximate surface area is 95.6 Å². The number of hydrogen-bond acceptors (Lipinski definition) is 1. The zero-order valence-corrected chi connectivity index (χ0v) is 9.66. The maximum Gasteiger partial charge on any atom is 0.0690 e. The number of halogens is 2. The lowest BCUT2D eigenvalue weighted by atomic mass is 10.2. The van der Waals surface area contributed by atoms with E-state index in [0.717, 1.165) is 15.7 Å². The SMILES string of the molecule is ClCc1ccccc1-n1cc(Br)cn1. The Morgan fingerprint density at radius 1 is 1.36 bits per heavy atom. The highest BCUT2D eigenvalue weighted by Crippen LogP contribution is 2.17. The molecule has 0 unspecified atom stereocenters. The van der Waals surface area contributed by atoms with E-state index in [1.54, 1.807) is 6.20 Å². The smallest absolute Gasteiger partial charge is 0.0690 e. The minimum Gasteiger partial charge on any atom is -0.239 e. The van der Waals surface area contributed by atoms with E-state index in [-0.39, 0.29) is 0 Å². The van der Waals surface area contributed by atoms with Crippen molar-refractivity contribution in [2.75, 3.05) is 0 Å². The van der Waals surface area contributed by atoms with Crippen molar-refractivity contribution in [3.05, 3.63) is 46.7 Å². The highest BCUT2D eigenvalue weighted by molar-refractivity contribution is 9.10. The molecule has 0 fully saturated rings. The van der Waals surface area contributed by atoms with Gasteiger partial charge in [-0.3, -0.25) is 0 Å². The average Bonchev–Trinajstić information content (AvgIpc) is 2.65. The third kappa shape index (κ3) is 1.83.